The molecule has 1 atom stereocenters. The highest BCUT2D eigenvalue weighted by Crippen LogP contribution is 1.99. The van der Waals surface area contributed by atoms with E-state index in [0.29, 0.717) is 18.1 Å². The molecule has 13 heavy (non-hydrogen) atoms. The van der Waals surface area contributed by atoms with Crippen molar-refractivity contribution in [2.75, 3.05) is 11.6 Å². The Labute approximate surface area is 81.1 Å². The van der Waals surface area contributed by atoms with Crippen LogP contribution in [0.4, 0.5) is 0 Å². The Bertz CT molecular complexity index is 187. The second kappa shape index (κ2) is 6.73. The lowest BCUT2D eigenvalue weighted by atomic mass is 10.4. The second-order valence-corrected chi connectivity index (χ2v) is 3.44. The number of hydrogen-bond acceptors (Lipinski definition) is 4. The van der Waals surface area contributed by atoms with E-state index in [1.807, 2.05) is 0 Å². The van der Waals surface area contributed by atoms with Crippen molar-refractivity contribution in [1.82, 2.24) is 5.32 Å². The van der Waals surface area contributed by atoms with Crippen molar-refractivity contribution < 1.29 is 14.7 Å². The zero-order valence-corrected chi connectivity index (χ0v) is 8.26. The summed E-state index contributed by atoms with van der Waals surface area (Å²) in [5, 5.41) is 11.0. The zero-order chi connectivity index (χ0) is 10.3. The van der Waals surface area contributed by atoms with Crippen molar-refractivity contribution in [3.63, 3.8) is 0 Å². The predicted octanol–water partition coefficient (Wildman–Crippen LogP) is -0.385. The first-order valence-electron chi connectivity index (χ1n) is 3.90. The van der Waals surface area contributed by atoms with Crippen LogP contribution in [0.15, 0.2) is 0 Å². The van der Waals surface area contributed by atoms with Gasteiger partial charge in [0.25, 0.3) is 0 Å². The number of aliphatic carboxylic acids is 1. The molecule has 0 saturated heterocycles. The number of amides is 1. The molecule has 0 bridgehead atoms. The van der Waals surface area contributed by atoms with Crippen LogP contribution in [-0.4, -0.2) is 34.7 Å². The summed E-state index contributed by atoms with van der Waals surface area (Å²) in [6, 6.07) is -0.858. The molecule has 0 aromatic heterocycles. The Morgan fingerprint density at radius 3 is 2.69 bits per heavy atom. The van der Waals surface area contributed by atoms with E-state index >= 15 is 0 Å². The van der Waals surface area contributed by atoms with Gasteiger partial charge in [0, 0.05) is 12.2 Å². The quantitative estimate of drug-likeness (QED) is 0.407. The van der Waals surface area contributed by atoms with Crippen LogP contribution in [0.5, 0.6) is 0 Å². The van der Waals surface area contributed by atoms with Gasteiger partial charge in [-0.05, 0) is 0 Å². The lowest BCUT2D eigenvalue weighted by molar-refractivity contribution is -0.137. The van der Waals surface area contributed by atoms with Gasteiger partial charge in [-0.15, -0.1) is 11.8 Å². The van der Waals surface area contributed by atoms with Crippen LogP contribution >= 0.6 is 11.8 Å². The molecule has 0 aliphatic rings. The summed E-state index contributed by atoms with van der Waals surface area (Å²) >= 11 is 1.30. The van der Waals surface area contributed by atoms with Crippen LogP contribution in [-0.2, 0) is 9.59 Å². The van der Waals surface area contributed by atoms with Gasteiger partial charge in [-0.1, -0.05) is 6.92 Å². The average Bonchev–Trinajstić information content (AvgIpc) is 2.11. The first-order valence-corrected chi connectivity index (χ1v) is 5.06. The maximum absolute atomic E-state index is 10.7. The number of carboxylic acid groups (broad SMARTS) is 1. The topological polar surface area (TPSA) is 92.4 Å². The molecule has 0 aliphatic carbocycles. The third-order valence-corrected chi connectivity index (χ3v) is 2.25. The molecule has 0 aromatic rings. The number of nitrogens with two attached hydrogens (primary N) is 1. The van der Waals surface area contributed by atoms with E-state index < -0.39 is 12.0 Å². The maximum Gasteiger partial charge on any atom is 0.321 e. The van der Waals surface area contributed by atoms with Crippen molar-refractivity contribution in [2.24, 2.45) is 5.73 Å². The highest BCUT2D eigenvalue weighted by atomic mass is 32.2. The number of hydrogen-bond donors (Lipinski definition) is 3. The van der Waals surface area contributed by atoms with Crippen LogP contribution < -0.4 is 11.1 Å². The van der Waals surface area contributed by atoms with E-state index in [1.165, 1.54) is 11.8 Å². The summed E-state index contributed by atoms with van der Waals surface area (Å²) in [5.74, 6) is -0.349. The fourth-order valence-corrected chi connectivity index (χ4v) is 1.29. The first kappa shape index (κ1) is 12.2. The molecule has 5 nitrogen and oxygen atoms in total. The molecule has 6 heteroatoms. The van der Waals surface area contributed by atoms with Gasteiger partial charge in [-0.3, -0.25) is 9.59 Å². The Balaban J connectivity index is 3.35. The summed E-state index contributed by atoms with van der Waals surface area (Å²) in [6.45, 7) is 1.75. The van der Waals surface area contributed by atoms with Gasteiger partial charge in [-0.25, -0.2) is 0 Å². The van der Waals surface area contributed by atoms with Crippen LogP contribution in [0.1, 0.15) is 13.3 Å². The number of rotatable bonds is 6. The van der Waals surface area contributed by atoms with Crippen molar-refractivity contribution in [3.05, 3.63) is 0 Å². The van der Waals surface area contributed by atoms with E-state index in [-0.39, 0.29) is 5.91 Å². The third-order valence-electron chi connectivity index (χ3n) is 1.31. The molecule has 1 amide bonds. The summed E-state index contributed by atoms with van der Waals surface area (Å²) < 4.78 is 0. The number of thioether (sulfide) groups is 1. The van der Waals surface area contributed by atoms with Gasteiger partial charge in [0.05, 0.1) is 5.88 Å². The Morgan fingerprint density at radius 1 is 1.62 bits per heavy atom. The fraction of sp³-hybridized carbons (Fsp3) is 0.714. The molecule has 0 radical (unpaired) electrons. The highest BCUT2D eigenvalue weighted by molar-refractivity contribution is 7.99. The molecule has 0 spiro atoms. The van der Waals surface area contributed by atoms with Crippen LogP contribution in [0.2, 0.25) is 0 Å². The van der Waals surface area contributed by atoms with E-state index in [9.17, 15) is 9.59 Å². The van der Waals surface area contributed by atoms with Crippen molar-refractivity contribution >= 4 is 23.6 Å². The summed E-state index contributed by atoms with van der Waals surface area (Å²) in [6.07, 6.45) is 0.436. The average molecular weight is 206 g/mol. The van der Waals surface area contributed by atoms with Gasteiger partial charge in [0.15, 0.2) is 0 Å². The van der Waals surface area contributed by atoms with Crippen LogP contribution in [0, 0.1) is 0 Å². The molecule has 0 fully saturated rings. The number of nitrogens with one attached hydrogen (secondary N) is 1. The molecule has 0 aliphatic heterocycles. The molecular formula is C7H14N2O3S. The van der Waals surface area contributed by atoms with Crippen molar-refractivity contribution in [3.8, 4) is 0 Å². The Kier molecular flexibility index (Phi) is 6.34. The Morgan fingerprint density at radius 2 is 2.23 bits per heavy atom. The van der Waals surface area contributed by atoms with Gasteiger partial charge in [0.1, 0.15) is 6.04 Å². The maximum atomic E-state index is 10.7. The molecule has 0 aromatic carbocycles. The Hall–Kier alpha value is -0.750. The minimum absolute atomic E-state index is 0.0450. The van der Waals surface area contributed by atoms with E-state index in [0.717, 1.165) is 0 Å². The largest absolute Gasteiger partial charge is 0.480 e. The van der Waals surface area contributed by atoms with Gasteiger partial charge in [0.2, 0.25) is 5.91 Å². The SMILES string of the molecule is CCC(=O)NCSCC(N)C(=O)O. The van der Waals surface area contributed by atoms with Crippen LogP contribution in [0.25, 0.3) is 0 Å². The minimum atomic E-state index is -1.02. The standard InChI is InChI=1S/C7H14N2O3S/c1-2-6(10)9-4-13-3-5(8)7(11)12/h5H,2-4,8H2,1H3,(H,9,10)(H,11,12). The fourth-order valence-electron chi connectivity index (χ4n) is 0.514. The molecule has 0 heterocycles. The smallest absolute Gasteiger partial charge is 0.321 e. The molecule has 0 rings (SSSR count). The van der Waals surface area contributed by atoms with Crippen molar-refractivity contribution in [2.45, 2.75) is 19.4 Å². The summed E-state index contributed by atoms with van der Waals surface area (Å²) in [5.41, 5.74) is 5.23. The van der Waals surface area contributed by atoms with Crippen molar-refractivity contribution in [1.29, 1.82) is 0 Å². The van der Waals surface area contributed by atoms with E-state index in [4.69, 9.17) is 10.8 Å². The highest BCUT2D eigenvalue weighted by Gasteiger charge is 2.10. The lowest BCUT2D eigenvalue weighted by Gasteiger charge is -2.06. The van der Waals surface area contributed by atoms with Gasteiger partial charge < -0.3 is 16.2 Å². The van der Waals surface area contributed by atoms with Gasteiger partial charge in [-0.2, -0.15) is 0 Å². The minimum Gasteiger partial charge on any atom is -0.480 e. The first-order chi connectivity index (χ1) is 6.07. The zero-order valence-electron chi connectivity index (χ0n) is 7.45. The lowest BCUT2D eigenvalue weighted by Crippen LogP contribution is -2.33. The second-order valence-electron chi connectivity index (χ2n) is 2.41. The molecule has 0 saturated carbocycles. The van der Waals surface area contributed by atoms with Gasteiger partial charge >= 0.3 is 5.97 Å². The molecule has 4 N–H and O–H groups in total. The summed E-state index contributed by atoms with van der Waals surface area (Å²) in [4.78, 5) is 21.0. The third kappa shape index (κ3) is 6.41. The van der Waals surface area contributed by atoms with E-state index in [1.54, 1.807) is 6.92 Å². The molecule has 1 unspecified atom stereocenters. The predicted molar refractivity (Wildman–Crippen MR) is 51.4 cm³/mol. The molecule has 76 valence electrons. The number of carbonyl (C=O) groups is 2. The monoisotopic (exact) mass is 206 g/mol. The number of carboxylic acids is 1. The van der Waals surface area contributed by atoms with E-state index in [2.05, 4.69) is 5.32 Å². The number of carbonyl (C=O) groups excluding carboxylic acids is 1. The molecular weight excluding hydrogens is 192 g/mol. The normalized spacial score (nSPS) is 12.2. The van der Waals surface area contributed by atoms with Crippen LogP contribution in [0.3, 0.4) is 0 Å². The summed E-state index contributed by atoms with van der Waals surface area (Å²) in [7, 11) is 0.